The zero-order valence-electron chi connectivity index (χ0n) is 11.9. The predicted molar refractivity (Wildman–Crippen MR) is 74.2 cm³/mol. The second-order valence-electron chi connectivity index (χ2n) is 4.15. The van der Waals surface area contributed by atoms with E-state index in [2.05, 4.69) is 9.97 Å². The molecule has 0 bridgehead atoms. The fourth-order valence-electron chi connectivity index (χ4n) is 1.52. The van der Waals surface area contributed by atoms with E-state index in [-0.39, 0.29) is 12.5 Å². The minimum Gasteiger partial charge on any atom is -0.476 e. The number of nitrogen functional groups attached to an aromatic ring is 1. The SMILES string of the molecule is CCOc1ncnc(N(CC)CC(=O)N(C)C)c1N. The fraction of sp³-hybridized carbons (Fsp3) is 0.583. The minimum absolute atomic E-state index is 0.0159. The zero-order valence-corrected chi connectivity index (χ0v) is 11.9. The van der Waals surface area contributed by atoms with Crippen LogP contribution >= 0.6 is 0 Å². The highest BCUT2D eigenvalue weighted by Gasteiger charge is 2.18. The molecule has 0 atom stereocenters. The first-order chi connectivity index (χ1) is 9.01. The molecule has 0 aliphatic rings. The number of hydrogen-bond acceptors (Lipinski definition) is 6. The Balaban J connectivity index is 2.98. The molecular formula is C12H21N5O2. The predicted octanol–water partition coefficient (Wildman–Crippen LogP) is 0.372. The first kappa shape index (κ1) is 15.0. The molecule has 1 heterocycles. The van der Waals surface area contributed by atoms with Crippen LogP contribution in [0.3, 0.4) is 0 Å². The molecule has 1 amide bonds. The van der Waals surface area contributed by atoms with Crippen LogP contribution in [-0.4, -0.2) is 54.6 Å². The number of likely N-dealkylation sites (N-methyl/N-ethyl adjacent to an activating group) is 2. The third-order valence-corrected chi connectivity index (χ3v) is 2.61. The van der Waals surface area contributed by atoms with Gasteiger partial charge >= 0.3 is 0 Å². The highest BCUT2D eigenvalue weighted by molar-refractivity contribution is 5.82. The third kappa shape index (κ3) is 3.70. The molecule has 1 aromatic heterocycles. The smallest absolute Gasteiger partial charge is 0.242 e. The minimum atomic E-state index is -0.0159. The van der Waals surface area contributed by atoms with Crippen LogP contribution < -0.4 is 15.4 Å². The Morgan fingerprint density at radius 1 is 1.37 bits per heavy atom. The summed E-state index contributed by atoms with van der Waals surface area (Å²) in [5.74, 6) is 0.859. The number of amides is 1. The van der Waals surface area contributed by atoms with Crippen LogP contribution in [0, 0.1) is 0 Å². The van der Waals surface area contributed by atoms with Gasteiger partial charge in [-0.25, -0.2) is 4.98 Å². The van der Waals surface area contributed by atoms with E-state index in [1.54, 1.807) is 19.0 Å². The van der Waals surface area contributed by atoms with Crippen LogP contribution in [0.5, 0.6) is 5.88 Å². The molecule has 7 nitrogen and oxygen atoms in total. The van der Waals surface area contributed by atoms with E-state index in [9.17, 15) is 4.79 Å². The maximum Gasteiger partial charge on any atom is 0.242 e. The number of aromatic nitrogens is 2. The number of hydrogen-bond donors (Lipinski definition) is 1. The number of rotatable bonds is 6. The summed E-state index contributed by atoms with van der Waals surface area (Å²) in [7, 11) is 3.43. The van der Waals surface area contributed by atoms with Gasteiger partial charge in [0.05, 0.1) is 13.2 Å². The second kappa shape index (κ2) is 6.77. The van der Waals surface area contributed by atoms with E-state index < -0.39 is 0 Å². The Bertz CT molecular complexity index is 436. The molecule has 0 spiro atoms. The number of carbonyl (C=O) groups excluding carboxylic acids is 1. The van der Waals surface area contributed by atoms with Gasteiger partial charge in [0.25, 0.3) is 0 Å². The van der Waals surface area contributed by atoms with Crippen molar-refractivity contribution in [1.29, 1.82) is 0 Å². The van der Waals surface area contributed by atoms with Crippen molar-refractivity contribution in [3.05, 3.63) is 6.33 Å². The molecule has 2 N–H and O–H groups in total. The molecule has 7 heteroatoms. The average molecular weight is 267 g/mol. The Kier molecular flexibility index (Phi) is 5.35. The lowest BCUT2D eigenvalue weighted by molar-refractivity contribution is -0.127. The maximum absolute atomic E-state index is 11.8. The molecule has 0 radical (unpaired) electrons. The molecule has 106 valence electrons. The van der Waals surface area contributed by atoms with Gasteiger partial charge in [-0.3, -0.25) is 4.79 Å². The van der Waals surface area contributed by atoms with E-state index >= 15 is 0 Å². The maximum atomic E-state index is 11.8. The summed E-state index contributed by atoms with van der Waals surface area (Å²) in [5, 5.41) is 0. The summed E-state index contributed by atoms with van der Waals surface area (Å²) in [4.78, 5) is 23.2. The van der Waals surface area contributed by atoms with Crippen LogP contribution in [-0.2, 0) is 4.79 Å². The Labute approximate surface area is 113 Å². The van der Waals surface area contributed by atoms with Crippen molar-refractivity contribution in [3.8, 4) is 5.88 Å². The van der Waals surface area contributed by atoms with Crippen LogP contribution in [0.25, 0.3) is 0 Å². The summed E-state index contributed by atoms with van der Waals surface area (Å²) in [6.07, 6.45) is 1.39. The number of nitrogens with zero attached hydrogens (tertiary/aromatic N) is 4. The van der Waals surface area contributed by atoms with Gasteiger partial charge in [0.2, 0.25) is 11.8 Å². The molecule has 0 unspecified atom stereocenters. The molecule has 0 aliphatic carbocycles. The number of carbonyl (C=O) groups is 1. The molecule has 19 heavy (non-hydrogen) atoms. The van der Waals surface area contributed by atoms with Gasteiger partial charge < -0.3 is 20.3 Å². The fourth-order valence-corrected chi connectivity index (χ4v) is 1.52. The molecule has 0 aromatic carbocycles. The normalized spacial score (nSPS) is 10.1. The third-order valence-electron chi connectivity index (χ3n) is 2.61. The quantitative estimate of drug-likeness (QED) is 0.801. The van der Waals surface area contributed by atoms with E-state index in [1.807, 2.05) is 13.8 Å². The van der Waals surface area contributed by atoms with Gasteiger partial charge in [0.1, 0.15) is 12.0 Å². The lowest BCUT2D eigenvalue weighted by Crippen LogP contribution is -2.37. The van der Waals surface area contributed by atoms with Crippen molar-refractivity contribution in [1.82, 2.24) is 14.9 Å². The molecule has 0 saturated heterocycles. The van der Waals surface area contributed by atoms with E-state index in [0.29, 0.717) is 30.5 Å². The summed E-state index contributed by atoms with van der Waals surface area (Å²) in [5.41, 5.74) is 6.34. The molecule has 1 aromatic rings. The second-order valence-corrected chi connectivity index (χ2v) is 4.15. The molecule has 0 saturated carbocycles. The number of ether oxygens (including phenoxy) is 1. The molecule has 0 aliphatic heterocycles. The van der Waals surface area contributed by atoms with E-state index in [4.69, 9.17) is 10.5 Å². The lowest BCUT2D eigenvalue weighted by Gasteiger charge is -2.24. The summed E-state index contributed by atoms with van der Waals surface area (Å²) < 4.78 is 5.33. The van der Waals surface area contributed by atoms with Crippen LogP contribution in [0.1, 0.15) is 13.8 Å². The topological polar surface area (TPSA) is 84.6 Å². The van der Waals surface area contributed by atoms with E-state index in [0.717, 1.165) is 0 Å². The Morgan fingerprint density at radius 2 is 2.05 bits per heavy atom. The van der Waals surface area contributed by atoms with Crippen molar-refractivity contribution in [2.75, 3.05) is 44.4 Å². The largest absolute Gasteiger partial charge is 0.476 e. The van der Waals surface area contributed by atoms with Crippen LogP contribution in [0.4, 0.5) is 11.5 Å². The van der Waals surface area contributed by atoms with Gasteiger partial charge in [-0.2, -0.15) is 4.98 Å². The molecule has 0 fully saturated rings. The Morgan fingerprint density at radius 3 is 2.58 bits per heavy atom. The summed E-state index contributed by atoms with van der Waals surface area (Å²) >= 11 is 0. The first-order valence-electron chi connectivity index (χ1n) is 6.19. The zero-order chi connectivity index (χ0) is 14.4. The average Bonchev–Trinajstić information content (AvgIpc) is 2.38. The van der Waals surface area contributed by atoms with Crippen LogP contribution in [0.2, 0.25) is 0 Å². The van der Waals surface area contributed by atoms with Gasteiger partial charge in [-0.05, 0) is 13.8 Å². The summed E-state index contributed by atoms with van der Waals surface area (Å²) in [6, 6.07) is 0. The number of anilines is 2. The standard InChI is InChI=1S/C12H21N5O2/c1-5-17(7-9(18)16(3)4)11-10(13)12(19-6-2)15-8-14-11/h8H,5-7,13H2,1-4H3. The van der Waals surface area contributed by atoms with E-state index in [1.165, 1.54) is 11.2 Å². The number of nitrogens with two attached hydrogens (primary N) is 1. The highest BCUT2D eigenvalue weighted by Crippen LogP contribution is 2.27. The van der Waals surface area contributed by atoms with Crippen molar-refractivity contribution in [2.45, 2.75) is 13.8 Å². The highest BCUT2D eigenvalue weighted by atomic mass is 16.5. The van der Waals surface area contributed by atoms with Crippen molar-refractivity contribution in [2.24, 2.45) is 0 Å². The monoisotopic (exact) mass is 267 g/mol. The van der Waals surface area contributed by atoms with Gasteiger partial charge in [0.15, 0.2) is 5.82 Å². The van der Waals surface area contributed by atoms with Crippen molar-refractivity contribution in [3.63, 3.8) is 0 Å². The lowest BCUT2D eigenvalue weighted by atomic mass is 10.3. The van der Waals surface area contributed by atoms with Gasteiger partial charge in [-0.15, -0.1) is 0 Å². The molecular weight excluding hydrogens is 246 g/mol. The Hall–Kier alpha value is -2.05. The van der Waals surface area contributed by atoms with Crippen molar-refractivity contribution >= 4 is 17.4 Å². The summed E-state index contributed by atoms with van der Waals surface area (Å²) in [6.45, 7) is 5.10. The van der Waals surface area contributed by atoms with Gasteiger partial charge in [0, 0.05) is 20.6 Å². The van der Waals surface area contributed by atoms with Crippen LogP contribution in [0.15, 0.2) is 6.33 Å². The van der Waals surface area contributed by atoms with Crippen molar-refractivity contribution < 1.29 is 9.53 Å². The molecule has 1 rings (SSSR count). The van der Waals surface area contributed by atoms with Gasteiger partial charge in [-0.1, -0.05) is 0 Å². The first-order valence-corrected chi connectivity index (χ1v) is 6.19.